The van der Waals surface area contributed by atoms with Gasteiger partial charge < -0.3 is 20.1 Å². The molecule has 0 atom stereocenters. The third-order valence-corrected chi connectivity index (χ3v) is 5.04. The molecular formula is C22H21BrN2O4. The summed E-state index contributed by atoms with van der Waals surface area (Å²) in [4.78, 5) is 24.7. The molecule has 3 aromatic rings. The SMILES string of the molecule is COCCNC(=O)c1ccccc1NC(=O)COc1ccc2ccccc2c1Br. The van der Waals surface area contributed by atoms with Crippen LogP contribution in [-0.4, -0.2) is 38.7 Å². The highest BCUT2D eigenvalue weighted by molar-refractivity contribution is 9.10. The normalized spacial score (nSPS) is 10.6. The molecule has 0 radical (unpaired) electrons. The highest BCUT2D eigenvalue weighted by Crippen LogP contribution is 2.33. The second-order valence-electron chi connectivity index (χ2n) is 6.23. The molecule has 0 bridgehead atoms. The van der Waals surface area contributed by atoms with Crippen molar-refractivity contribution in [1.29, 1.82) is 0 Å². The Balaban J connectivity index is 1.64. The van der Waals surface area contributed by atoms with E-state index in [4.69, 9.17) is 9.47 Å². The van der Waals surface area contributed by atoms with Crippen molar-refractivity contribution in [3.8, 4) is 5.75 Å². The molecule has 29 heavy (non-hydrogen) atoms. The van der Waals surface area contributed by atoms with Crippen LogP contribution in [0.1, 0.15) is 10.4 Å². The van der Waals surface area contributed by atoms with Crippen molar-refractivity contribution in [1.82, 2.24) is 5.32 Å². The van der Waals surface area contributed by atoms with Crippen LogP contribution < -0.4 is 15.4 Å². The molecule has 3 rings (SSSR count). The number of nitrogens with one attached hydrogen (secondary N) is 2. The van der Waals surface area contributed by atoms with E-state index in [2.05, 4.69) is 26.6 Å². The van der Waals surface area contributed by atoms with Gasteiger partial charge in [0.15, 0.2) is 6.61 Å². The monoisotopic (exact) mass is 456 g/mol. The predicted octanol–water partition coefficient (Wildman–Crippen LogP) is 4.00. The Morgan fingerprint density at radius 3 is 2.59 bits per heavy atom. The number of benzene rings is 3. The summed E-state index contributed by atoms with van der Waals surface area (Å²) in [6.45, 7) is 0.613. The molecular weight excluding hydrogens is 436 g/mol. The van der Waals surface area contributed by atoms with Crippen LogP contribution in [0.5, 0.6) is 5.75 Å². The van der Waals surface area contributed by atoms with Crippen LogP contribution in [0.2, 0.25) is 0 Å². The molecule has 7 heteroatoms. The second-order valence-corrected chi connectivity index (χ2v) is 7.02. The van der Waals surface area contributed by atoms with Crippen LogP contribution in [0.4, 0.5) is 5.69 Å². The molecule has 3 aromatic carbocycles. The number of carbonyl (C=O) groups excluding carboxylic acids is 2. The highest BCUT2D eigenvalue weighted by Gasteiger charge is 2.14. The maximum Gasteiger partial charge on any atom is 0.262 e. The first-order valence-corrected chi connectivity index (χ1v) is 9.85. The Hall–Kier alpha value is -2.90. The number of rotatable bonds is 8. The van der Waals surface area contributed by atoms with Crippen LogP contribution in [0.3, 0.4) is 0 Å². The number of fused-ring (bicyclic) bond motifs is 1. The molecule has 0 spiro atoms. The predicted molar refractivity (Wildman–Crippen MR) is 116 cm³/mol. The van der Waals surface area contributed by atoms with Crippen LogP contribution in [-0.2, 0) is 9.53 Å². The molecule has 150 valence electrons. The molecule has 0 aliphatic carbocycles. The fraction of sp³-hybridized carbons (Fsp3) is 0.182. The number of anilines is 1. The molecule has 0 saturated heterocycles. The average molecular weight is 457 g/mol. The first-order chi connectivity index (χ1) is 14.1. The summed E-state index contributed by atoms with van der Waals surface area (Å²) < 4.78 is 11.4. The van der Waals surface area contributed by atoms with Crippen molar-refractivity contribution < 1.29 is 19.1 Å². The standard InChI is InChI=1S/C22H21BrN2O4/c1-28-13-12-24-22(27)17-8-4-5-9-18(17)25-20(26)14-29-19-11-10-15-6-2-3-7-16(15)21(19)23/h2-11H,12-14H2,1H3,(H,24,27)(H,25,26). The first kappa shape index (κ1) is 20.8. The number of ether oxygens (including phenoxy) is 2. The summed E-state index contributed by atoms with van der Waals surface area (Å²) in [5, 5.41) is 7.56. The van der Waals surface area contributed by atoms with Gasteiger partial charge in [0.1, 0.15) is 5.75 Å². The van der Waals surface area contributed by atoms with Gasteiger partial charge in [-0.15, -0.1) is 0 Å². The number of hydrogen-bond donors (Lipinski definition) is 2. The topological polar surface area (TPSA) is 76.7 Å². The Bertz CT molecular complexity index is 1020. The summed E-state index contributed by atoms with van der Waals surface area (Å²) in [7, 11) is 1.56. The minimum Gasteiger partial charge on any atom is -0.483 e. The third-order valence-electron chi connectivity index (χ3n) is 4.22. The molecule has 0 aliphatic heterocycles. The molecule has 0 saturated carbocycles. The van der Waals surface area contributed by atoms with E-state index in [1.807, 2.05) is 36.4 Å². The highest BCUT2D eigenvalue weighted by atomic mass is 79.9. The number of para-hydroxylation sites is 1. The van der Waals surface area contributed by atoms with E-state index in [0.29, 0.717) is 30.2 Å². The van der Waals surface area contributed by atoms with Gasteiger partial charge in [-0.3, -0.25) is 9.59 Å². The van der Waals surface area contributed by atoms with Gasteiger partial charge in [0, 0.05) is 13.7 Å². The van der Waals surface area contributed by atoms with E-state index in [-0.39, 0.29) is 18.4 Å². The molecule has 0 aromatic heterocycles. The zero-order chi connectivity index (χ0) is 20.6. The number of halogens is 1. The largest absolute Gasteiger partial charge is 0.483 e. The van der Waals surface area contributed by atoms with Gasteiger partial charge in [0.2, 0.25) is 0 Å². The Morgan fingerprint density at radius 2 is 1.76 bits per heavy atom. The van der Waals surface area contributed by atoms with Crippen LogP contribution in [0.15, 0.2) is 65.1 Å². The fourth-order valence-corrected chi connectivity index (χ4v) is 3.41. The van der Waals surface area contributed by atoms with Crippen molar-refractivity contribution in [3.05, 3.63) is 70.7 Å². The zero-order valence-electron chi connectivity index (χ0n) is 15.9. The lowest BCUT2D eigenvalue weighted by molar-refractivity contribution is -0.118. The summed E-state index contributed by atoms with van der Waals surface area (Å²) in [5.41, 5.74) is 0.803. The minimum absolute atomic E-state index is 0.184. The first-order valence-electron chi connectivity index (χ1n) is 9.06. The van der Waals surface area contributed by atoms with E-state index >= 15 is 0 Å². The van der Waals surface area contributed by atoms with Crippen molar-refractivity contribution in [2.75, 3.05) is 32.2 Å². The number of methoxy groups -OCH3 is 1. The number of amides is 2. The quantitative estimate of drug-likeness (QED) is 0.502. The summed E-state index contributed by atoms with van der Waals surface area (Å²) in [6.07, 6.45) is 0. The Kier molecular flexibility index (Phi) is 7.21. The lowest BCUT2D eigenvalue weighted by Crippen LogP contribution is -2.29. The summed E-state index contributed by atoms with van der Waals surface area (Å²) in [5.74, 6) is -0.0669. The van der Waals surface area contributed by atoms with E-state index in [9.17, 15) is 9.59 Å². The third kappa shape index (κ3) is 5.34. The summed E-state index contributed by atoms with van der Waals surface area (Å²) in [6, 6.07) is 18.5. The molecule has 0 fully saturated rings. The second kappa shape index (κ2) is 10.0. The van der Waals surface area contributed by atoms with Gasteiger partial charge in [-0.05, 0) is 44.9 Å². The van der Waals surface area contributed by atoms with E-state index in [1.165, 1.54) is 0 Å². The van der Waals surface area contributed by atoms with Crippen LogP contribution in [0, 0.1) is 0 Å². The Morgan fingerprint density at radius 1 is 1.00 bits per heavy atom. The minimum atomic E-state index is -0.359. The average Bonchev–Trinajstić information content (AvgIpc) is 2.74. The van der Waals surface area contributed by atoms with Crippen molar-refractivity contribution in [3.63, 3.8) is 0 Å². The van der Waals surface area contributed by atoms with Gasteiger partial charge in [-0.2, -0.15) is 0 Å². The fourth-order valence-electron chi connectivity index (χ4n) is 2.81. The van der Waals surface area contributed by atoms with E-state index in [1.54, 1.807) is 31.4 Å². The van der Waals surface area contributed by atoms with Gasteiger partial charge in [-0.1, -0.05) is 42.5 Å². The van der Waals surface area contributed by atoms with Gasteiger partial charge >= 0.3 is 0 Å². The lowest BCUT2D eigenvalue weighted by Gasteiger charge is -2.13. The Labute approximate surface area is 177 Å². The van der Waals surface area contributed by atoms with Crippen molar-refractivity contribution in [2.24, 2.45) is 0 Å². The van der Waals surface area contributed by atoms with Gasteiger partial charge in [0.25, 0.3) is 11.8 Å². The lowest BCUT2D eigenvalue weighted by atomic mass is 10.1. The van der Waals surface area contributed by atoms with Crippen LogP contribution >= 0.6 is 15.9 Å². The maximum absolute atomic E-state index is 12.4. The summed E-state index contributed by atoms with van der Waals surface area (Å²) >= 11 is 3.54. The molecule has 2 N–H and O–H groups in total. The van der Waals surface area contributed by atoms with Gasteiger partial charge in [-0.25, -0.2) is 0 Å². The molecule has 6 nitrogen and oxygen atoms in total. The smallest absolute Gasteiger partial charge is 0.262 e. The van der Waals surface area contributed by atoms with Crippen molar-refractivity contribution in [2.45, 2.75) is 0 Å². The van der Waals surface area contributed by atoms with Crippen LogP contribution in [0.25, 0.3) is 10.8 Å². The molecule has 0 heterocycles. The maximum atomic E-state index is 12.4. The van der Waals surface area contributed by atoms with Crippen molar-refractivity contribution >= 4 is 44.2 Å². The molecule has 0 unspecified atom stereocenters. The van der Waals surface area contributed by atoms with E-state index in [0.717, 1.165) is 15.2 Å². The van der Waals surface area contributed by atoms with Gasteiger partial charge in [0.05, 0.1) is 22.3 Å². The zero-order valence-corrected chi connectivity index (χ0v) is 17.5. The molecule has 0 aliphatic rings. The molecule has 2 amide bonds. The number of hydrogen-bond acceptors (Lipinski definition) is 4. The van der Waals surface area contributed by atoms with E-state index < -0.39 is 0 Å². The number of carbonyl (C=O) groups is 2.